The molecule has 1 saturated heterocycles. The molecule has 0 spiro atoms. The molecule has 3 aliphatic rings. The Labute approximate surface area is 256 Å². The summed E-state index contributed by atoms with van der Waals surface area (Å²) in [6, 6.07) is 2.13. The number of fused-ring (bicyclic) bond motifs is 1. The number of aryl methyl sites for hydroxylation is 1. The number of hydrogen-bond donors (Lipinski definition) is 2. The van der Waals surface area contributed by atoms with Crippen molar-refractivity contribution in [3.05, 3.63) is 46.1 Å². The Morgan fingerprint density at radius 2 is 1.93 bits per heavy atom. The van der Waals surface area contributed by atoms with Gasteiger partial charge in [0, 0.05) is 50.0 Å². The quantitative estimate of drug-likeness (QED) is 0.353. The summed E-state index contributed by atoms with van der Waals surface area (Å²) in [6.07, 6.45) is -0.425. The average molecular weight is 653 g/mol. The van der Waals surface area contributed by atoms with Gasteiger partial charge in [-0.15, -0.1) is 0 Å². The van der Waals surface area contributed by atoms with Gasteiger partial charge in [-0.3, -0.25) is 18.8 Å². The van der Waals surface area contributed by atoms with Crippen LogP contribution in [0.2, 0.25) is 0 Å². The molecule has 1 unspecified atom stereocenters. The number of benzene rings is 1. The number of piperazine rings is 1. The molecule has 1 aliphatic heterocycles. The first-order valence-corrected chi connectivity index (χ1v) is 16.1. The van der Waals surface area contributed by atoms with E-state index in [0.717, 1.165) is 0 Å². The first-order chi connectivity index (χ1) is 21.1. The standard InChI is InChI=1S/C28H35F3N8O5S/c1-17-14-37(9-10-38(17)24(41)27(7-8-27)28(29,30)31)21-12-19(45(42,43)35-26(2)5-6-26)11-20-22(21)33-25(34-44-4)39(23(20)40)16-18-13-32-36(3)15-18/h11-13,15,17,35H,5-10,14,16H2,1-4H3,(H,33,34). The molecule has 2 saturated carbocycles. The maximum absolute atomic E-state index is 14.1. The number of halogens is 3. The predicted molar refractivity (Wildman–Crippen MR) is 157 cm³/mol. The van der Waals surface area contributed by atoms with Crippen molar-refractivity contribution in [1.29, 1.82) is 0 Å². The van der Waals surface area contributed by atoms with Gasteiger partial charge in [0.25, 0.3) is 5.56 Å². The van der Waals surface area contributed by atoms with Crippen LogP contribution < -0.4 is 20.8 Å². The number of hydrogen-bond acceptors (Lipinski definition) is 8. The lowest BCUT2D eigenvalue weighted by Crippen LogP contribution is -2.57. The number of aromatic amines is 1. The van der Waals surface area contributed by atoms with E-state index in [1.54, 1.807) is 42.9 Å². The second-order valence-electron chi connectivity index (χ2n) is 12.5. The van der Waals surface area contributed by atoms with Crippen molar-refractivity contribution < 1.29 is 31.2 Å². The molecule has 45 heavy (non-hydrogen) atoms. The number of nitrogens with zero attached hydrogens (tertiary/aromatic N) is 6. The summed E-state index contributed by atoms with van der Waals surface area (Å²) < 4.78 is 74.0. The van der Waals surface area contributed by atoms with E-state index in [4.69, 9.17) is 4.84 Å². The first kappa shape index (κ1) is 31.1. The molecule has 2 aliphatic carbocycles. The van der Waals surface area contributed by atoms with Crippen molar-refractivity contribution in [3.8, 4) is 0 Å². The molecule has 3 fully saturated rings. The van der Waals surface area contributed by atoms with Crippen LogP contribution in [-0.2, 0) is 33.2 Å². The molecule has 1 amide bonds. The third-order valence-corrected chi connectivity index (χ3v) is 10.6. The van der Waals surface area contributed by atoms with Gasteiger partial charge in [-0.2, -0.15) is 18.3 Å². The molecular formula is C28H35F3N8O5S. The minimum atomic E-state index is -4.63. The molecule has 2 aromatic heterocycles. The zero-order valence-electron chi connectivity index (χ0n) is 25.3. The zero-order valence-corrected chi connectivity index (χ0v) is 26.1. The highest BCUT2D eigenvalue weighted by Crippen LogP contribution is 2.59. The number of H-pyrrole nitrogens is 1. The summed E-state index contributed by atoms with van der Waals surface area (Å²) in [5.41, 5.74) is -2.10. The molecule has 244 valence electrons. The molecule has 1 atom stereocenters. The third kappa shape index (κ3) is 5.60. The largest absolute Gasteiger partial charge is 0.403 e. The smallest absolute Gasteiger partial charge is 0.396 e. The number of rotatable bonds is 8. The lowest BCUT2D eigenvalue weighted by molar-refractivity contribution is -0.199. The van der Waals surface area contributed by atoms with Crippen LogP contribution in [0.15, 0.2) is 39.4 Å². The summed E-state index contributed by atoms with van der Waals surface area (Å²) in [4.78, 5) is 38.2. The van der Waals surface area contributed by atoms with E-state index >= 15 is 0 Å². The molecule has 6 rings (SSSR count). The van der Waals surface area contributed by atoms with Gasteiger partial charge in [-0.05, 0) is 56.8 Å². The van der Waals surface area contributed by atoms with E-state index in [-0.39, 0.29) is 60.4 Å². The van der Waals surface area contributed by atoms with E-state index in [2.05, 4.69) is 20.0 Å². The first-order valence-electron chi connectivity index (χ1n) is 14.6. The number of aromatic nitrogens is 4. The molecule has 0 radical (unpaired) electrons. The van der Waals surface area contributed by atoms with Gasteiger partial charge in [0.2, 0.25) is 21.5 Å². The maximum Gasteiger partial charge on any atom is 0.403 e. The number of carbonyl (C=O) groups excluding carboxylic acids is 1. The molecule has 1 aromatic carbocycles. The highest BCUT2D eigenvalue weighted by Gasteiger charge is 2.69. The Balaban J connectivity index is 1.45. The summed E-state index contributed by atoms with van der Waals surface area (Å²) in [7, 11) is -1.01. The van der Waals surface area contributed by atoms with Crippen LogP contribution in [0.3, 0.4) is 0 Å². The van der Waals surface area contributed by atoms with Crippen molar-refractivity contribution >= 4 is 32.5 Å². The second kappa shape index (κ2) is 10.6. The topological polar surface area (TPSA) is 147 Å². The normalized spacial score (nSPS) is 21.3. The van der Waals surface area contributed by atoms with Gasteiger partial charge in [-0.25, -0.2) is 13.1 Å². The Kier molecular flexibility index (Phi) is 7.34. The van der Waals surface area contributed by atoms with Gasteiger partial charge in [-0.1, -0.05) is 0 Å². The Bertz CT molecular complexity index is 1910. The summed E-state index contributed by atoms with van der Waals surface area (Å²) in [5, 5.41) is 8.22. The van der Waals surface area contributed by atoms with Crippen LogP contribution >= 0.6 is 0 Å². The third-order valence-electron chi connectivity index (χ3n) is 8.96. The van der Waals surface area contributed by atoms with Crippen LogP contribution in [0.4, 0.5) is 18.9 Å². The van der Waals surface area contributed by atoms with Crippen molar-refractivity contribution in [2.75, 3.05) is 31.6 Å². The summed E-state index contributed by atoms with van der Waals surface area (Å²) >= 11 is 0. The van der Waals surface area contributed by atoms with Crippen molar-refractivity contribution in [3.63, 3.8) is 0 Å². The number of anilines is 1. The predicted octanol–water partition coefficient (Wildman–Crippen LogP) is 1.78. The van der Waals surface area contributed by atoms with E-state index in [1.807, 2.05) is 0 Å². The van der Waals surface area contributed by atoms with E-state index in [9.17, 15) is 31.2 Å². The van der Waals surface area contributed by atoms with Gasteiger partial charge in [0.15, 0.2) is 0 Å². The highest BCUT2D eigenvalue weighted by molar-refractivity contribution is 7.89. The second-order valence-corrected chi connectivity index (χ2v) is 14.2. The number of amides is 1. The Hall–Kier alpha value is -3.86. The number of sulfonamides is 1. The fourth-order valence-corrected chi connectivity index (χ4v) is 7.45. The number of carbonyl (C=O) groups is 1. The molecule has 17 heteroatoms. The molecular weight excluding hydrogens is 617 g/mol. The molecule has 3 heterocycles. The molecule has 2 N–H and O–H groups in total. The fourth-order valence-electron chi connectivity index (χ4n) is 5.94. The van der Waals surface area contributed by atoms with Gasteiger partial charge >= 0.3 is 6.18 Å². The summed E-state index contributed by atoms with van der Waals surface area (Å²) in [5.74, 6) is -0.934. The van der Waals surface area contributed by atoms with E-state index in [1.165, 1.54) is 28.7 Å². The highest BCUT2D eigenvalue weighted by atomic mass is 32.2. The Morgan fingerprint density at radius 1 is 1.22 bits per heavy atom. The lowest BCUT2D eigenvalue weighted by atomic mass is 10.0. The zero-order chi connectivity index (χ0) is 32.5. The molecule has 0 bridgehead atoms. The molecule has 3 aromatic rings. The minimum Gasteiger partial charge on any atom is -0.396 e. The minimum absolute atomic E-state index is 0.0139. The molecule has 13 nitrogen and oxygen atoms in total. The van der Waals surface area contributed by atoms with Crippen LogP contribution in [0, 0.1) is 5.41 Å². The van der Waals surface area contributed by atoms with Gasteiger partial charge < -0.3 is 19.6 Å². The van der Waals surface area contributed by atoms with Gasteiger partial charge in [0.1, 0.15) is 12.5 Å². The van der Waals surface area contributed by atoms with Crippen molar-refractivity contribution in [2.24, 2.45) is 17.6 Å². The number of nitrogens with one attached hydrogen (secondary N) is 2. The van der Waals surface area contributed by atoms with Crippen LogP contribution in [-0.4, -0.2) is 83.1 Å². The van der Waals surface area contributed by atoms with E-state index in [0.29, 0.717) is 24.1 Å². The SMILES string of the molecule is CO/N=c1\[nH]c2c(N3CCN(C(=O)C4(C(F)(F)F)CC4)C(C)C3)cc(S(=O)(=O)NC3(C)CC3)cc2c(=O)n1Cc1cnn(C)c1. The van der Waals surface area contributed by atoms with Crippen molar-refractivity contribution in [1.82, 2.24) is 29.0 Å². The monoisotopic (exact) mass is 652 g/mol. The fraction of sp³-hybridized carbons (Fsp3) is 0.571. The van der Waals surface area contributed by atoms with Crippen LogP contribution in [0.1, 0.15) is 45.1 Å². The lowest BCUT2D eigenvalue weighted by Gasteiger charge is -2.42. The maximum atomic E-state index is 14.1. The summed E-state index contributed by atoms with van der Waals surface area (Å²) in [6.45, 7) is 3.71. The average Bonchev–Trinajstić information content (AvgIpc) is 3.88. The van der Waals surface area contributed by atoms with Crippen LogP contribution in [0.5, 0.6) is 0 Å². The van der Waals surface area contributed by atoms with Crippen LogP contribution in [0.25, 0.3) is 10.9 Å². The van der Waals surface area contributed by atoms with Crippen molar-refractivity contribution in [2.45, 2.75) is 68.7 Å². The van der Waals surface area contributed by atoms with E-state index < -0.39 is 44.7 Å². The number of alkyl halides is 3. The Morgan fingerprint density at radius 3 is 2.49 bits per heavy atom. The van der Waals surface area contributed by atoms with Gasteiger partial charge in [0.05, 0.1) is 34.2 Å².